The Labute approximate surface area is 210 Å². The third-order valence-electron chi connectivity index (χ3n) is 6.20. The van der Waals surface area contributed by atoms with Gasteiger partial charge in [-0.25, -0.2) is 4.79 Å². The summed E-state index contributed by atoms with van der Waals surface area (Å²) in [4.78, 5) is 16.8. The van der Waals surface area contributed by atoms with Gasteiger partial charge in [0, 0.05) is 38.3 Å². The smallest absolute Gasteiger partial charge is 0.344 e. The van der Waals surface area contributed by atoms with Crippen LogP contribution in [0.25, 0.3) is 11.1 Å². The SMILES string of the molecule is O=C(N1CCN(Cc2ccc(-c3ccccc3)cc2OCc2ccccc2)CC1)n1cc(Cl)cn1. The number of halogens is 1. The number of nitrogens with zero attached hydrogens (tertiary/aromatic N) is 4. The highest BCUT2D eigenvalue weighted by atomic mass is 35.5. The molecule has 1 amide bonds. The zero-order chi connectivity index (χ0) is 24.0. The Morgan fingerprint density at radius 2 is 1.60 bits per heavy atom. The maximum Gasteiger partial charge on any atom is 0.344 e. The molecule has 0 N–H and O–H groups in total. The first kappa shape index (κ1) is 23.1. The topological polar surface area (TPSA) is 50.6 Å². The Morgan fingerprint density at radius 1 is 0.886 bits per heavy atom. The number of hydrogen-bond acceptors (Lipinski definition) is 4. The molecule has 5 rings (SSSR count). The largest absolute Gasteiger partial charge is 0.489 e. The maximum absolute atomic E-state index is 12.7. The van der Waals surface area contributed by atoms with Gasteiger partial charge in [-0.15, -0.1) is 0 Å². The monoisotopic (exact) mass is 486 g/mol. The van der Waals surface area contributed by atoms with E-state index in [2.05, 4.69) is 52.5 Å². The van der Waals surface area contributed by atoms with E-state index in [-0.39, 0.29) is 6.03 Å². The summed E-state index contributed by atoms with van der Waals surface area (Å²) < 4.78 is 7.63. The molecule has 3 aromatic carbocycles. The number of benzene rings is 3. The molecule has 0 radical (unpaired) electrons. The summed E-state index contributed by atoms with van der Waals surface area (Å²) in [5.41, 5.74) is 4.56. The molecule has 1 saturated heterocycles. The van der Waals surface area contributed by atoms with Crippen LogP contribution in [0.1, 0.15) is 11.1 Å². The summed E-state index contributed by atoms with van der Waals surface area (Å²) in [6, 6.07) is 26.9. The number of carbonyl (C=O) groups excluding carboxylic acids is 1. The lowest BCUT2D eigenvalue weighted by molar-refractivity contribution is 0.133. The number of amides is 1. The molecule has 1 aliphatic rings. The standard InChI is InChI=1S/C28H27ClN4O2/c29-26-18-30-33(20-26)28(34)32-15-13-31(14-16-32)19-25-12-11-24(23-9-5-2-6-10-23)17-27(25)35-21-22-7-3-1-4-8-22/h1-12,17-18,20H,13-16,19,21H2. The summed E-state index contributed by atoms with van der Waals surface area (Å²) in [5.74, 6) is 0.889. The van der Waals surface area contributed by atoms with Gasteiger partial charge in [0.25, 0.3) is 0 Å². The fraction of sp³-hybridized carbons (Fsp3) is 0.214. The Kier molecular flexibility index (Phi) is 7.12. The minimum absolute atomic E-state index is 0.143. The van der Waals surface area contributed by atoms with Crippen LogP contribution in [0.5, 0.6) is 5.75 Å². The lowest BCUT2D eigenvalue weighted by atomic mass is 10.0. The number of piperazine rings is 1. The average Bonchev–Trinajstić information content (AvgIpc) is 3.35. The molecule has 0 aliphatic carbocycles. The molecule has 0 unspecified atom stereocenters. The quantitative estimate of drug-likeness (QED) is 0.357. The summed E-state index contributed by atoms with van der Waals surface area (Å²) in [6.45, 7) is 4.10. The van der Waals surface area contributed by atoms with Gasteiger partial charge >= 0.3 is 6.03 Å². The summed E-state index contributed by atoms with van der Waals surface area (Å²) in [6.07, 6.45) is 3.02. The van der Waals surface area contributed by atoms with Crippen molar-refractivity contribution in [1.82, 2.24) is 19.6 Å². The fourth-order valence-electron chi connectivity index (χ4n) is 4.25. The summed E-state index contributed by atoms with van der Waals surface area (Å²) >= 11 is 5.91. The third-order valence-corrected chi connectivity index (χ3v) is 6.39. The van der Waals surface area contributed by atoms with Crippen molar-refractivity contribution in [1.29, 1.82) is 0 Å². The molecule has 0 bridgehead atoms. The fourth-order valence-corrected chi connectivity index (χ4v) is 4.39. The van der Waals surface area contributed by atoms with Crippen LogP contribution in [-0.2, 0) is 13.2 Å². The highest BCUT2D eigenvalue weighted by molar-refractivity contribution is 6.30. The molecule has 35 heavy (non-hydrogen) atoms. The van der Waals surface area contributed by atoms with Crippen molar-refractivity contribution in [2.45, 2.75) is 13.2 Å². The van der Waals surface area contributed by atoms with Gasteiger partial charge in [0.15, 0.2) is 0 Å². The van der Waals surface area contributed by atoms with E-state index in [1.165, 1.54) is 10.9 Å². The number of aromatic nitrogens is 2. The van der Waals surface area contributed by atoms with Gasteiger partial charge in [0.2, 0.25) is 0 Å². The van der Waals surface area contributed by atoms with E-state index in [1.54, 1.807) is 6.20 Å². The first-order valence-corrected chi connectivity index (χ1v) is 12.1. The molecule has 0 atom stereocenters. The molecular formula is C28H27ClN4O2. The van der Waals surface area contributed by atoms with Crippen LogP contribution in [-0.4, -0.2) is 51.8 Å². The van der Waals surface area contributed by atoms with Crippen LogP contribution < -0.4 is 4.74 Å². The van der Waals surface area contributed by atoms with E-state index in [0.29, 0.717) is 24.7 Å². The number of rotatable bonds is 6. The highest BCUT2D eigenvalue weighted by Crippen LogP contribution is 2.29. The van der Waals surface area contributed by atoms with Gasteiger partial charge in [0.1, 0.15) is 12.4 Å². The number of hydrogen-bond donors (Lipinski definition) is 0. The van der Waals surface area contributed by atoms with Crippen molar-refractivity contribution >= 4 is 17.6 Å². The van der Waals surface area contributed by atoms with E-state index < -0.39 is 0 Å². The van der Waals surface area contributed by atoms with Crippen molar-refractivity contribution in [2.24, 2.45) is 0 Å². The molecule has 0 saturated carbocycles. The van der Waals surface area contributed by atoms with Crippen molar-refractivity contribution in [2.75, 3.05) is 26.2 Å². The van der Waals surface area contributed by atoms with E-state index in [0.717, 1.165) is 47.6 Å². The van der Waals surface area contributed by atoms with Crippen LogP contribution >= 0.6 is 11.6 Å². The first-order valence-electron chi connectivity index (χ1n) is 11.7. The Morgan fingerprint density at radius 3 is 2.29 bits per heavy atom. The van der Waals surface area contributed by atoms with Crippen LogP contribution in [0.15, 0.2) is 91.3 Å². The molecule has 2 heterocycles. The summed E-state index contributed by atoms with van der Waals surface area (Å²) in [5, 5.41) is 4.49. The molecule has 1 fully saturated rings. The predicted molar refractivity (Wildman–Crippen MR) is 138 cm³/mol. The molecule has 6 nitrogen and oxygen atoms in total. The molecule has 0 spiro atoms. The van der Waals surface area contributed by atoms with Crippen molar-refractivity contribution in [3.8, 4) is 16.9 Å². The van der Waals surface area contributed by atoms with E-state index in [9.17, 15) is 4.79 Å². The maximum atomic E-state index is 12.7. The van der Waals surface area contributed by atoms with Crippen LogP contribution in [0.3, 0.4) is 0 Å². The second-order valence-corrected chi connectivity index (χ2v) is 9.05. The van der Waals surface area contributed by atoms with Gasteiger partial charge in [-0.1, -0.05) is 84.4 Å². The Bertz CT molecular complexity index is 1270. The lowest BCUT2D eigenvalue weighted by Crippen LogP contribution is -2.49. The van der Waals surface area contributed by atoms with Crippen molar-refractivity contribution < 1.29 is 9.53 Å². The Hall–Kier alpha value is -3.61. The van der Waals surface area contributed by atoms with Gasteiger partial charge < -0.3 is 9.64 Å². The molecule has 7 heteroatoms. The normalized spacial score (nSPS) is 14.1. The Balaban J connectivity index is 1.29. The number of carbonyl (C=O) groups is 1. The third kappa shape index (κ3) is 5.73. The van der Waals surface area contributed by atoms with Crippen LogP contribution in [0, 0.1) is 0 Å². The molecule has 4 aromatic rings. The minimum Gasteiger partial charge on any atom is -0.489 e. The van der Waals surface area contributed by atoms with E-state index in [1.807, 2.05) is 41.3 Å². The van der Waals surface area contributed by atoms with Gasteiger partial charge in [-0.2, -0.15) is 9.78 Å². The lowest BCUT2D eigenvalue weighted by Gasteiger charge is -2.34. The zero-order valence-electron chi connectivity index (χ0n) is 19.4. The average molecular weight is 487 g/mol. The molecular weight excluding hydrogens is 460 g/mol. The molecule has 1 aromatic heterocycles. The first-order chi connectivity index (χ1) is 17.2. The predicted octanol–water partition coefficient (Wildman–Crippen LogP) is 5.57. The second-order valence-electron chi connectivity index (χ2n) is 8.61. The second kappa shape index (κ2) is 10.8. The highest BCUT2D eigenvalue weighted by Gasteiger charge is 2.23. The van der Waals surface area contributed by atoms with E-state index >= 15 is 0 Å². The van der Waals surface area contributed by atoms with Crippen molar-refractivity contribution in [3.05, 3.63) is 107 Å². The van der Waals surface area contributed by atoms with Crippen molar-refractivity contribution in [3.63, 3.8) is 0 Å². The van der Waals surface area contributed by atoms with E-state index in [4.69, 9.17) is 16.3 Å². The summed E-state index contributed by atoms with van der Waals surface area (Å²) in [7, 11) is 0. The van der Waals surface area contributed by atoms with Gasteiger partial charge in [-0.3, -0.25) is 4.90 Å². The van der Waals surface area contributed by atoms with Crippen LogP contribution in [0.4, 0.5) is 4.79 Å². The zero-order valence-corrected chi connectivity index (χ0v) is 20.1. The van der Waals surface area contributed by atoms with Gasteiger partial charge in [-0.05, 0) is 22.8 Å². The van der Waals surface area contributed by atoms with Crippen LogP contribution in [0.2, 0.25) is 5.02 Å². The minimum atomic E-state index is -0.143. The van der Waals surface area contributed by atoms with Gasteiger partial charge in [0.05, 0.1) is 17.4 Å². The molecule has 1 aliphatic heterocycles. The molecule has 178 valence electrons. The number of ether oxygens (including phenoxy) is 1.